The number of nitrogens with zero attached hydrogens (tertiary/aromatic N) is 2. The molecule has 13 nitrogen and oxygen atoms in total. The van der Waals surface area contributed by atoms with Crippen molar-refractivity contribution in [3.05, 3.63) is 59.0 Å². The molecule has 422 valence electrons. The van der Waals surface area contributed by atoms with Crippen LogP contribution in [0, 0.1) is 11.8 Å². The van der Waals surface area contributed by atoms with Crippen LogP contribution in [0.15, 0.2) is 45.2 Å². The molecule has 0 bridgehead atoms. The van der Waals surface area contributed by atoms with Crippen LogP contribution in [0.3, 0.4) is 0 Å². The number of carbonyl (C=O) groups excluding carboxylic acids is 3. The molecule has 4 aliphatic rings. The van der Waals surface area contributed by atoms with Crippen LogP contribution in [0.4, 0.5) is 37.7 Å². The number of aliphatic hydroxyl groups is 1. The Morgan fingerprint density at radius 1 is 0.671 bits per heavy atom. The second-order valence-corrected chi connectivity index (χ2v) is 33.9. The number of methoxy groups -OCH3 is 1. The zero-order valence-electron chi connectivity index (χ0n) is 46.0. The highest BCUT2D eigenvalue weighted by molar-refractivity contribution is 6.74. The maximum absolute atomic E-state index is 13.4. The molecule has 2 aliphatic carbocycles. The second-order valence-electron chi connectivity index (χ2n) is 24.5. The Kier molecular flexibility index (Phi) is 17.0. The number of hydrogen-bond acceptors (Lipinski definition) is 11. The normalized spacial score (nSPS) is 23.2. The highest BCUT2D eigenvalue weighted by Crippen LogP contribution is 2.48. The Balaban J connectivity index is 0.000000221. The molecule has 0 spiro atoms. The summed E-state index contributed by atoms with van der Waals surface area (Å²) in [4.78, 5) is 42.1. The van der Waals surface area contributed by atoms with E-state index in [1.54, 1.807) is 0 Å². The highest BCUT2D eigenvalue weighted by Gasteiger charge is 2.51. The van der Waals surface area contributed by atoms with Gasteiger partial charge in [-0.15, -0.1) is 0 Å². The van der Waals surface area contributed by atoms with Crippen LogP contribution in [-0.2, 0) is 30.7 Å². The molecular formula is C55H78F6N4O9Si2. The number of hydrogen-bond donors (Lipinski definition) is 3. The van der Waals surface area contributed by atoms with Gasteiger partial charge in [-0.3, -0.25) is 9.59 Å². The number of furan rings is 2. The number of fused-ring (bicyclic) bond motifs is 6. The number of carbonyl (C=O) groups is 3. The fraction of sp³-hybridized carbons (Fsp3) is 0.655. The Morgan fingerprint density at radius 3 is 1.43 bits per heavy atom. The SMILES string of the molecule is CC(C)(C)[Si](C)(C)OC1(CO)CCC(CCN2CCNC(=O)c3oc4ccc(C(F)(F)F)cc4c32)CC1.COC(=O)C1(O[Si](C)(C)C(C)(C)C)CCC(CCN2CCNC(=O)c3oc4ccc(C(F)(F)F)cc4c32)CC1. The smallest absolute Gasteiger partial charge is 0.416 e. The predicted octanol–water partition coefficient (Wildman–Crippen LogP) is 12.8. The number of alkyl halides is 6. The fourth-order valence-corrected chi connectivity index (χ4v) is 13.9. The van der Waals surface area contributed by atoms with E-state index in [1.807, 2.05) is 9.80 Å². The first-order valence-electron chi connectivity index (χ1n) is 26.7. The van der Waals surface area contributed by atoms with Gasteiger partial charge < -0.3 is 48.0 Å². The highest BCUT2D eigenvalue weighted by atomic mass is 28.4. The van der Waals surface area contributed by atoms with E-state index in [0.717, 1.165) is 75.6 Å². The van der Waals surface area contributed by atoms with Crippen molar-refractivity contribution in [1.82, 2.24) is 10.6 Å². The van der Waals surface area contributed by atoms with Crippen molar-refractivity contribution < 1.29 is 68.3 Å². The average molecular weight is 1110 g/mol. The van der Waals surface area contributed by atoms with E-state index in [1.165, 1.54) is 19.2 Å². The molecule has 2 amide bonds. The zero-order chi connectivity index (χ0) is 56.0. The standard InChI is InChI=1S/C28H39F3N2O5Si.C27H39F3N2O4Si/c1-26(2,3)39(5,6)38-27(25(35)36-4)12-9-18(10-13-27)11-15-33-16-14-32-24(34)23-22(33)20-17-19(28(29,30)31)7-8-21(20)37-23;1-25(2,3)37(4,5)36-26(17-33)11-8-18(9-12-26)10-14-32-15-13-31-24(34)23-22(32)20-16-19(27(28,29)30)6-7-21(20)35-23/h7-8,17-18H,9-16H2,1-6H3,(H,32,34);6-7,16,18,33H,8-15,17H2,1-5H3,(H,31,34). The lowest BCUT2D eigenvalue weighted by molar-refractivity contribution is -0.164. The number of anilines is 2. The largest absolute Gasteiger partial charge is 0.467 e. The first kappa shape index (κ1) is 59.1. The van der Waals surface area contributed by atoms with Gasteiger partial charge in [0.05, 0.1) is 41.8 Å². The molecule has 3 N–H and O–H groups in total. The number of benzene rings is 2. The molecule has 4 heterocycles. The first-order valence-corrected chi connectivity index (χ1v) is 32.5. The molecule has 0 radical (unpaired) electrons. The molecule has 4 aromatic rings. The molecule has 0 unspecified atom stereocenters. The van der Waals surface area contributed by atoms with Gasteiger partial charge in [0, 0.05) is 50.0 Å². The van der Waals surface area contributed by atoms with Crippen LogP contribution in [0.1, 0.15) is 138 Å². The number of aliphatic hydroxyl groups excluding tert-OH is 1. The molecule has 0 saturated heterocycles. The molecule has 2 saturated carbocycles. The van der Waals surface area contributed by atoms with Gasteiger partial charge in [0.1, 0.15) is 11.2 Å². The zero-order valence-corrected chi connectivity index (χ0v) is 48.0. The summed E-state index contributed by atoms with van der Waals surface area (Å²) in [7, 11) is -2.88. The van der Waals surface area contributed by atoms with Gasteiger partial charge in [-0.25, -0.2) is 4.79 Å². The number of amides is 2. The van der Waals surface area contributed by atoms with E-state index in [-0.39, 0.29) is 50.7 Å². The van der Waals surface area contributed by atoms with Crippen LogP contribution in [0.5, 0.6) is 0 Å². The Bertz CT molecular complexity index is 2730. The Labute approximate surface area is 444 Å². The van der Waals surface area contributed by atoms with Crippen molar-refractivity contribution in [3.63, 3.8) is 0 Å². The van der Waals surface area contributed by atoms with E-state index in [2.05, 4.69) is 78.4 Å². The third-order valence-corrected chi connectivity index (χ3v) is 26.4. The van der Waals surface area contributed by atoms with Gasteiger partial charge >= 0.3 is 18.3 Å². The van der Waals surface area contributed by atoms with Crippen molar-refractivity contribution in [2.75, 3.05) is 62.8 Å². The lowest BCUT2D eigenvalue weighted by atomic mass is 9.77. The minimum absolute atomic E-state index is 0.0119. The molecule has 2 aliphatic heterocycles. The lowest BCUT2D eigenvalue weighted by Gasteiger charge is -2.48. The monoisotopic (exact) mass is 1110 g/mol. The molecule has 2 aromatic carbocycles. The Morgan fingerprint density at radius 2 is 1.07 bits per heavy atom. The van der Waals surface area contributed by atoms with E-state index in [0.29, 0.717) is 80.7 Å². The van der Waals surface area contributed by atoms with Crippen molar-refractivity contribution in [2.24, 2.45) is 11.8 Å². The maximum atomic E-state index is 13.4. The molecule has 2 aromatic heterocycles. The number of ether oxygens (including phenoxy) is 1. The Hall–Kier alpha value is -4.58. The number of rotatable bonds is 12. The van der Waals surface area contributed by atoms with Crippen LogP contribution >= 0.6 is 0 Å². The molecular weight excluding hydrogens is 1030 g/mol. The average Bonchev–Trinajstić information content (AvgIpc) is 3.82. The third-order valence-electron chi connectivity index (χ3n) is 17.3. The van der Waals surface area contributed by atoms with Gasteiger partial charge in [0.25, 0.3) is 11.8 Å². The van der Waals surface area contributed by atoms with Crippen LogP contribution in [0.2, 0.25) is 36.3 Å². The van der Waals surface area contributed by atoms with Crippen molar-refractivity contribution in [1.29, 1.82) is 0 Å². The minimum Gasteiger partial charge on any atom is -0.467 e. The summed E-state index contributed by atoms with van der Waals surface area (Å²) in [5, 5.41) is 16.4. The first-order chi connectivity index (χ1) is 35.2. The van der Waals surface area contributed by atoms with Crippen LogP contribution < -0.4 is 20.4 Å². The van der Waals surface area contributed by atoms with Crippen molar-refractivity contribution in [2.45, 2.75) is 166 Å². The third kappa shape index (κ3) is 12.6. The van der Waals surface area contributed by atoms with Crippen molar-refractivity contribution >= 4 is 67.7 Å². The van der Waals surface area contributed by atoms with Gasteiger partial charge in [0.2, 0.25) is 11.5 Å². The van der Waals surface area contributed by atoms with Gasteiger partial charge in [-0.05, 0) is 149 Å². The van der Waals surface area contributed by atoms with Gasteiger partial charge in [-0.2, -0.15) is 26.3 Å². The maximum Gasteiger partial charge on any atom is 0.416 e. The van der Waals surface area contributed by atoms with E-state index in [4.69, 9.17) is 22.4 Å². The molecule has 21 heteroatoms. The number of nitrogens with one attached hydrogen (secondary N) is 2. The van der Waals surface area contributed by atoms with Gasteiger partial charge in [-0.1, -0.05) is 41.5 Å². The summed E-state index contributed by atoms with van der Waals surface area (Å²) in [6.45, 7) is 24.6. The molecule has 76 heavy (non-hydrogen) atoms. The lowest BCUT2D eigenvalue weighted by Crippen LogP contribution is -2.55. The number of halogens is 6. The summed E-state index contributed by atoms with van der Waals surface area (Å²) in [6, 6.07) is 6.65. The van der Waals surface area contributed by atoms with E-state index in [9.17, 15) is 45.8 Å². The molecule has 2 fully saturated rings. The summed E-state index contributed by atoms with van der Waals surface area (Å²) in [6.07, 6.45) is -1.33. The van der Waals surface area contributed by atoms with Gasteiger partial charge in [0.15, 0.2) is 22.2 Å². The van der Waals surface area contributed by atoms with E-state index < -0.39 is 63.1 Å². The minimum atomic E-state index is -4.50. The van der Waals surface area contributed by atoms with Crippen LogP contribution in [-0.4, -0.2) is 104 Å². The number of esters is 1. The predicted molar refractivity (Wildman–Crippen MR) is 286 cm³/mol. The summed E-state index contributed by atoms with van der Waals surface area (Å²) < 4.78 is 111. The molecule has 8 rings (SSSR count). The van der Waals surface area contributed by atoms with Crippen LogP contribution in [0.25, 0.3) is 21.9 Å². The summed E-state index contributed by atoms with van der Waals surface area (Å²) >= 11 is 0. The second kappa shape index (κ2) is 21.9. The summed E-state index contributed by atoms with van der Waals surface area (Å²) in [5.74, 6) is -0.351. The summed E-state index contributed by atoms with van der Waals surface area (Å²) in [5.41, 5.74) is -1.62. The molecule has 0 atom stereocenters. The van der Waals surface area contributed by atoms with Crippen molar-refractivity contribution in [3.8, 4) is 0 Å². The fourth-order valence-electron chi connectivity index (χ4n) is 10.7. The quantitative estimate of drug-likeness (QED) is 0.0705. The van der Waals surface area contributed by atoms with E-state index >= 15 is 0 Å². The topological polar surface area (TPSA) is 156 Å².